The lowest BCUT2D eigenvalue weighted by Crippen LogP contribution is -2.71. The number of aliphatic imine (C=N–C) groups is 2. The summed E-state index contributed by atoms with van der Waals surface area (Å²) in [6, 6.07) is 34.0. The number of hydrogen-bond donors (Lipinski definition) is 0. The number of fused-ring (bicyclic) bond motifs is 12. The summed E-state index contributed by atoms with van der Waals surface area (Å²) in [5.41, 5.74) is 6.13. The van der Waals surface area contributed by atoms with Crippen molar-refractivity contribution in [3.05, 3.63) is 130 Å². The highest BCUT2D eigenvalue weighted by Crippen LogP contribution is 2.52. The van der Waals surface area contributed by atoms with Crippen molar-refractivity contribution in [1.29, 1.82) is 0 Å². The molecule has 1 spiro atoms. The van der Waals surface area contributed by atoms with Crippen LogP contribution >= 0.6 is 0 Å². The topological polar surface area (TPSA) is 65.3 Å². The zero-order valence-corrected chi connectivity index (χ0v) is 32.9. The van der Waals surface area contributed by atoms with Crippen LogP contribution in [0, 0.1) is 5.92 Å². The monoisotopic (exact) mass is 718 g/mol. The molecule has 6 aliphatic heterocycles. The summed E-state index contributed by atoms with van der Waals surface area (Å²) in [5.74, 6) is 5.30. The van der Waals surface area contributed by atoms with Gasteiger partial charge < -0.3 is 0 Å². The third-order valence-corrected chi connectivity index (χ3v) is 9.38. The Morgan fingerprint density at radius 2 is 0.759 bits per heavy atom. The van der Waals surface area contributed by atoms with Gasteiger partial charge >= 0.3 is 5.91 Å². The molecule has 0 saturated heterocycles. The standard InChI is InChI=1S/C33H16N8.C4H10.4C2H6.CH4/c1-2-10-18-17(9-1)25-34-27-19-11-3-4-12-20(19)29-36-31-23-15-7-8-16-24(23)32-37-30-22-14-6-5-13-21(22)28-35-26(18)38(25)33(39(27)29,40(28)30)41(31)32;1-4(2)3;4*1-2;/h1-16H;4H,1-3H3;4*1-2H3;1H4/q+2;;;;;;. The summed E-state index contributed by atoms with van der Waals surface area (Å²) < 4.78 is 9.32. The Bertz CT molecular complexity index is 2520. The van der Waals surface area contributed by atoms with Gasteiger partial charge in [0.05, 0.1) is 22.3 Å². The van der Waals surface area contributed by atoms with Gasteiger partial charge in [0.15, 0.2) is 0 Å². The van der Waals surface area contributed by atoms with Gasteiger partial charge in [0.2, 0.25) is 22.6 Å². The van der Waals surface area contributed by atoms with Crippen molar-refractivity contribution in [3.63, 3.8) is 0 Å². The number of benzene rings is 4. The van der Waals surface area contributed by atoms with Gasteiger partial charge in [-0.1, -0.05) is 152 Å². The Kier molecular flexibility index (Phi) is 10.3. The lowest BCUT2D eigenvalue weighted by molar-refractivity contribution is -0.790. The smallest absolute Gasteiger partial charge is 0.192 e. The fraction of sp³-hybridized carbons (Fsp3) is 0.304. The van der Waals surface area contributed by atoms with E-state index in [9.17, 15) is 0 Å². The van der Waals surface area contributed by atoms with Crippen molar-refractivity contribution in [2.75, 3.05) is 0 Å². The molecule has 0 amide bonds. The fourth-order valence-electron chi connectivity index (χ4n) is 7.88. The van der Waals surface area contributed by atoms with Crippen molar-refractivity contribution < 1.29 is 9.15 Å². The Labute approximate surface area is 319 Å². The Hall–Kier alpha value is -5.76. The molecule has 4 aromatic carbocycles. The quantitative estimate of drug-likeness (QED) is 0.140. The first-order valence-electron chi connectivity index (χ1n) is 19.5. The van der Waals surface area contributed by atoms with E-state index in [4.69, 9.17) is 20.0 Å². The molecule has 0 saturated carbocycles. The van der Waals surface area contributed by atoms with Crippen LogP contribution in [0.15, 0.2) is 117 Å². The molecular formula is C46H54N8+2. The van der Waals surface area contributed by atoms with Crippen LogP contribution in [0.25, 0.3) is 21.5 Å². The normalized spacial score (nSPS) is 15.1. The van der Waals surface area contributed by atoms with E-state index in [1.165, 1.54) is 0 Å². The number of hydrogen-bond acceptors (Lipinski definition) is 4. The third-order valence-electron chi connectivity index (χ3n) is 9.38. The van der Waals surface area contributed by atoms with Crippen LogP contribution in [0.3, 0.4) is 0 Å². The van der Waals surface area contributed by atoms with Gasteiger partial charge in [-0.15, -0.1) is 9.15 Å². The second-order valence-corrected chi connectivity index (χ2v) is 12.9. The lowest BCUT2D eigenvalue weighted by Gasteiger charge is -2.40. The van der Waals surface area contributed by atoms with Gasteiger partial charge in [0.25, 0.3) is 23.3 Å². The van der Waals surface area contributed by atoms with Crippen LogP contribution in [0.2, 0.25) is 0 Å². The van der Waals surface area contributed by atoms with Crippen molar-refractivity contribution >= 4 is 56.5 Å². The average molecular weight is 719 g/mol. The maximum Gasteiger partial charge on any atom is 0.404 e. The Morgan fingerprint density at radius 1 is 0.444 bits per heavy atom. The molecule has 0 bridgehead atoms. The van der Waals surface area contributed by atoms with Gasteiger partial charge in [-0.25, -0.2) is 0 Å². The second kappa shape index (κ2) is 14.6. The molecule has 6 aliphatic rings. The summed E-state index contributed by atoms with van der Waals surface area (Å²) in [6.07, 6.45) is 0. The van der Waals surface area contributed by atoms with Gasteiger partial charge in [-0.3, -0.25) is 0 Å². The van der Waals surface area contributed by atoms with E-state index in [0.717, 1.165) is 95.7 Å². The first-order valence-corrected chi connectivity index (χ1v) is 19.5. The molecule has 0 unspecified atom stereocenters. The number of aromatic nitrogens is 2. The van der Waals surface area contributed by atoms with Crippen molar-refractivity contribution in [2.24, 2.45) is 25.9 Å². The minimum atomic E-state index is -0.923. The predicted molar refractivity (Wildman–Crippen MR) is 226 cm³/mol. The van der Waals surface area contributed by atoms with Crippen LogP contribution < -0.4 is 11.0 Å². The van der Waals surface area contributed by atoms with E-state index in [1.54, 1.807) is 0 Å². The minimum absolute atomic E-state index is 0. The van der Waals surface area contributed by atoms with Crippen LogP contribution in [0.5, 0.6) is 0 Å². The molecule has 8 nitrogen and oxygen atoms in total. The first kappa shape index (κ1) is 38.0. The third kappa shape index (κ3) is 4.68. The summed E-state index contributed by atoms with van der Waals surface area (Å²) >= 11 is 0. The van der Waals surface area contributed by atoms with Crippen LogP contribution in [0.4, 0.5) is 11.6 Å². The minimum Gasteiger partial charge on any atom is -0.192 e. The van der Waals surface area contributed by atoms with E-state index < -0.39 is 5.91 Å². The van der Waals surface area contributed by atoms with E-state index in [0.29, 0.717) is 0 Å². The SMILES string of the molecule is C.CC.CC.CC.CC.CC(C)C.c1ccc2c(c1)C1=Nc3c4ccccc4c4n3C35n6c(c7ccccc7c6=NC6=[N+]3C(=N4)c3ccccc36)=NC2=[N+]15. The fourth-order valence-corrected chi connectivity index (χ4v) is 7.88. The van der Waals surface area contributed by atoms with Crippen LogP contribution in [-0.4, -0.2) is 41.6 Å². The largest absolute Gasteiger partial charge is 0.404 e. The van der Waals surface area contributed by atoms with E-state index in [2.05, 4.69) is 136 Å². The predicted octanol–water partition coefficient (Wildman–Crippen LogP) is 10.1. The van der Waals surface area contributed by atoms with Crippen molar-refractivity contribution in [2.45, 2.75) is 89.5 Å². The van der Waals surface area contributed by atoms with Crippen molar-refractivity contribution in [1.82, 2.24) is 9.13 Å². The molecule has 0 N–H and O–H groups in total. The highest BCUT2D eigenvalue weighted by molar-refractivity contribution is 6.20. The molecule has 0 radical (unpaired) electrons. The molecule has 0 fully saturated rings. The average Bonchev–Trinajstić information content (AvgIpc) is 3.94. The van der Waals surface area contributed by atoms with Gasteiger partial charge in [-0.05, 0) is 54.4 Å². The molecule has 0 atom stereocenters. The molecule has 2 aromatic heterocycles. The molecule has 54 heavy (non-hydrogen) atoms. The first-order chi connectivity index (χ1) is 26.1. The maximum absolute atomic E-state index is 5.42. The van der Waals surface area contributed by atoms with Gasteiger partial charge in [0, 0.05) is 21.5 Å². The van der Waals surface area contributed by atoms with Crippen molar-refractivity contribution in [3.8, 4) is 0 Å². The summed E-state index contributed by atoms with van der Waals surface area (Å²) in [7, 11) is 0. The van der Waals surface area contributed by atoms with Gasteiger partial charge in [-0.2, -0.15) is 9.13 Å². The molecule has 12 rings (SSSR count). The Balaban J connectivity index is 0.000000349. The molecular weight excluding hydrogens is 665 g/mol. The molecule has 276 valence electrons. The molecule has 8 heterocycles. The second-order valence-electron chi connectivity index (χ2n) is 12.9. The lowest BCUT2D eigenvalue weighted by atomic mass is 10.1. The van der Waals surface area contributed by atoms with Gasteiger partial charge in [0.1, 0.15) is 0 Å². The summed E-state index contributed by atoms with van der Waals surface area (Å²) in [5, 5.41) is 4.33. The summed E-state index contributed by atoms with van der Waals surface area (Å²) in [6.45, 7) is 22.5. The molecule has 8 heteroatoms. The zero-order chi connectivity index (χ0) is 37.8. The number of rotatable bonds is 0. The zero-order valence-electron chi connectivity index (χ0n) is 32.9. The van der Waals surface area contributed by atoms with E-state index in [1.807, 2.05) is 55.4 Å². The van der Waals surface area contributed by atoms with E-state index >= 15 is 0 Å². The molecule has 0 aliphatic carbocycles. The highest BCUT2D eigenvalue weighted by Gasteiger charge is 2.69. The van der Waals surface area contributed by atoms with Crippen LogP contribution in [0.1, 0.15) is 106 Å². The maximum atomic E-state index is 5.42. The molecule has 6 aromatic rings. The summed E-state index contributed by atoms with van der Waals surface area (Å²) in [4.78, 5) is 21.7. The Morgan fingerprint density at radius 3 is 1.13 bits per heavy atom. The number of amidine groups is 4. The number of nitrogens with zero attached hydrogens (tertiary/aromatic N) is 8. The van der Waals surface area contributed by atoms with E-state index in [-0.39, 0.29) is 7.43 Å². The van der Waals surface area contributed by atoms with Crippen LogP contribution in [-0.2, 0) is 5.91 Å². The highest BCUT2D eigenvalue weighted by atomic mass is 15.7.